The number of hydrogen-bond donors (Lipinski definition) is 2. The lowest BCUT2D eigenvalue weighted by Crippen LogP contribution is -2.41. The molecule has 1 aliphatic heterocycles. The number of aliphatic hydroxyl groups is 1. The van der Waals surface area contributed by atoms with Crippen molar-refractivity contribution >= 4 is 22.9 Å². The molecule has 3 rings (SSSR count). The van der Waals surface area contributed by atoms with Crippen LogP contribution in [0.3, 0.4) is 0 Å². The summed E-state index contributed by atoms with van der Waals surface area (Å²) in [5.41, 5.74) is 0. The first kappa shape index (κ1) is 12.2. The van der Waals surface area contributed by atoms with Crippen LogP contribution in [0, 0.1) is 0 Å². The maximum atomic E-state index is 10.1. The van der Waals surface area contributed by atoms with E-state index in [2.05, 4.69) is 10.3 Å². The van der Waals surface area contributed by atoms with Crippen molar-refractivity contribution in [3.05, 3.63) is 28.9 Å². The third kappa shape index (κ3) is 2.19. The van der Waals surface area contributed by atoms with E-state index < -0.39 is 0 Å². The van der Waals surface area contributed by atoms with Gasteiger partial charge >= 0.3 is 0 Å². The molecule has 0 saturated carbocycles. The Morgan fingerprint density at radius 3 is 3.11 bits per heavy atom. The zero-order valence-corrected chi connectivity index (χ0v) is 11.3. The van der Waals surface area contributed by atoms with Crippen LogP contribution in [0.2, 0.25) is 4.34 Å². The molecule has 1 fully saturated rings. The minimum atomic E-state index is -0.324. The maximum Gasteiger partial charge on any atom is 0.150 e. The first-order chi connectivity index (χ1) is 8.75. The fourth-order valence-corrected chi connectivity index (χ4v) is 3.36. The van der Waals surface area contributed by atoms with E-state index in [1.54, 1.807) is 6.20 Å². The number of rotatable bonds is 2. The average Bonchev–Trinajstić information content (AvgIpc) is 2.98. The first-order valence-corrected chi connectivity index (χ1v) is 7.12. The highest BCUT2D eigenvalue weighted by Crippen LogP contribution is 2.32. The summed E-state index contributed by atoms with van der Waals surface area (Å²) in [6, 6.07) is 3.88. The Labute approximate surface area is 114 Å². The highest BCUT2D eigenvalue weighted by atomic mass is 35.5. The van der Waals surface area contributed by atoms with Gasteiger partial charge in [0.1, 0.15) is 5.82 Å². The van der Waals surface area contributed by atoms with Crippen LogP contribution in [0.25, 0.3) is 10.7 Å². The van der Waals surface area contributed by atoms with Crippen molar-refractivity contribution in [2.24, 2.45) is 0 Å². The molecule has 0 aliphatic carbocycles. The van der Waals surface area contributed by atoms with Gasteiger partial charge < -0.3 is 15.0 Å². The Morgan fingerprint density at radius 2 is 2.39 bits per heavy atom. The quantitative estimate of drug-likeness (QED) is 0.888. The van der Waals surface area contributed by atoms with E-state index in [0.29, 0.717) is 0 Å². The van der Waals surface area contributed by atoms with E-state index in [1.165, 1.54) is 11.3 Å². The lowest BCUT2D eigenvalue weighted by Gasteiger charge is -2.30. The number of hydrogen-bond acceptors (Lipinski definition) is 4. The highest BCUT2D eigenvalue weighted by Gasteiger charge is 2.26. The van der Waals surface area contributed by atoms with Gasteiger partial charge in [0, 0.05) is 18.9 Å². The summed E-state index contributed by atoms with van der Waals surface area (Å²) in [5, 5.41) is 13.4. The minimum Gasteiger partial charge on any atom is -0.391 e. The first-order valence-electron chi connectivity index (χ1n) is 5.93. The largest absolute Gasteiger partial charge is 0.391 e. The molecule has 96 valence electrons. The molecule has 2 N–H and O–H groups in total. The van der Waals surface area contributed by atoms with Crippen LogP contribution in [-0.2, 0) is 0 Å². The van der Waals surface area contributed by atoms with Gasteiger partial charge in [0.2, 0.25) is 0 Å². The van der Waals surface area contributed by atoms with Crippen LogP contribution in [0.4, 0.5) is 0 Å². The van der Waals surface area contributed by atoms with E-state index in [0.717, 1.165) is 34.5 Å². The second kappa shape index (κ2) is 5.01. The van der Waals surface area contributed by atoms with E-state index in [4.69, 9.17) is 11.6 Å². The average molecular weight is 284 g/mol. The number of nitrogens with zero attached hydrogens (tertiary/aromatic N) is 2. The maximum absolute atomic E-state index is 10.1. The second-order valence-electron chi connectivity index (χ2n) is 4.39. The van der Waals surface area contributed by atoms with Crippen molar-refractivity contribution in [3.63, 3.8) is 0 Å². The number of halogens is 1. The standard InChI is InChI=1S/C12H14ClN3OS/c13-11-2-1-10(18-11)12-15-5-6-16(12)8-7-14-4-3-9(8)17/h1-2,5-6,8-9,14,17H,3-4,7H2/t8-,9+/m0/s1. The van der Waals surface area contributed by atoms with Gasteiger partial charge in [-0.25, -0.2) is 4.98 Å². The zero-order chi connectivity index (χ0) is 12.5. The van der Waals surface area contributed by atoms with Gasteiger partial charge in [0.25, 0.3) is 0 Å². The number of aromatic nitrogens is 2. The molecule has 18 heavy (non-hydrogen) atoms. The van der Waals surface area contributed by atoms with E-state index in [1.807, 2.05) is 22.9 Å². The van der Waals surface area contributed by atoms with E-state index in [-0.39, 0.29) is 12.1 Å². The van der Waals surface area contributed by atoms with Gasteiger partial charge in [0.05, 0.1) is 21.4 Å². The smallest absolute Gasteiger partial charge is 0.150 e. The Bertz CT molecular complexity index is 539. The summed E-state index contributed by atoms with van der Waals surface area (Å²) in [6.07, 6.45) is 4.14. The highest BCUT2D eigenvalue weighted by molar-refractivity contribution is 7.19. The number of imidazole rings is 1. The predicted octanol–water partition coefficient (Wildman–Crippen LogP) is 2.16. The molecule has 1 saturated heterocycles. The molecule has 0 bridgehead atoms. The lowest BCUT2D eigenvalue weighted by molar-refractivity contribution is 0.0850. The Morgan fingerprint density at radius 1 is 1.50 bits per heavy atom. The summed E-state index contributed by atoms with van der Waals surface area (Å²) >= 11 is 7.47. The summed E-state index contributed by atoms with van der Waals surface area (Å²) in [7, 11) is 0. The van der Waals surface area contributed by atoms with Crippen LogP contribution in [0.5, 0.6) is 0 Å². The topological polar surface area (TPSA) is 50.1 Å². The molecule has 0 aromatic carbocycles. The molecule has 2 aromatic rings. The second-order valence-corrected chi connectivity index (χ2v) is 6.10. The molecule has 2 aromatic heterocycles. The van der Waals surface area contributed by atoms with Gasteiger partial charge in [-0.05, 0) is 25.1 Å². The third-order valence-corrected chi connectivity index (χ3v) is 4.46. The number of thiophene rings is 1. The van der Waals surface area contributed by atoms with Gasteiger partial charge in [-0.2, -0.15) is 0 Å². The molecule has 0 unspecified atom stereocenters. The Hall–Kier alpha value is -0.880. The lowest BCUT2D eigenvalue weighted by atomic mass is 10.0. The molecule has 0 spiro atoms. The number of nitrogens with one attached hydrogen (secondary N) is 1. The Kier molecular flexibility index (Phi) is 3.39. The molecule has 1 aliphatic rings. The zero-order valence-electron chi connectivity index (χ0n) is 9.71. The van der Waals surface area contributed by atoms with Gasteiger partial charge in [-0.1, -0.05) is 11.6 Å². The number of piperidine rings is 1. The van der Waals surface area contributed by atoms with Crippen LogP contribution in [0.15, 0.2) is 24.5 Å². The summed E-state index contributed by atoms with van der Waals surface area (Å²) in [6.45, 7) is 1.64. The van der Waals surface area contributed by atoms with Crippen molar-refractivity contribution in [1.82, 2.24) is 14.9 Å². The third-order valence-electron chi connectivity index (χ3n) is 3.23. The van der Waals surface area contributed by atoms with E-state index in [9.17, 15) is 5.11 Å². The minimum absolute atomic E-state index is 0.0390. The fraction of sp³-hybridized carbons (Fsp3) is 0.417. The van der Waals surface area contributed by atoms with Crippen LogP contribution in [-0.4, -0.2) is 33.9 Å². The molecule has 0 radical (unpaired) electrons. The molecular weight excluding hydrogens is 270 g/mol. The van der Waals surface area contributed by atoms with Crippen molar-refractivity contribution in [2.45, 2.75) is 18.6 Å². The summed E-state index contributed by atoms with van der Waals surface area (Å²) in [5.74, 6) is 0.875. The van der Waals surface area contributed by atoms with Crippen molar-refractivity contribution < 1.29 is 5.11 Å². The molecule has 2 atom stereocenters. The monoisotopic (exact) mass is 283 g/mol. The normalized spacial score (nSPS) is 24.3. The predicted molar refractivity (Wildman–Crippen MR) is 73.1 cm³/mol. The summed E-state index contributed by atoms with van der Waals surface area (Å²) in [4.78, 5) is 5.42. The summed E-state index contributed by atoms with van der Waals surface area (Å²) < 4.78 is 2.79. The van der Waals surface area contributed by atoms with Crippen LogP contribution < -0.4 is 5.32 Å². The molecule has 0 amide bonds. The molecular formula is C12H14ClN3OS. The van der Waals surface area contributed by atoms with Gasteiger partial charge in [-0.15, -0.1) is 11.3 Å². The molecule has 4 nitrogen and oxygen atoms in total. The molecule has 3 heterocycles. The van der Waals surface area contributed by atoms with Crippen LogP contribution >= 0.6 is 22.9 Å². The van der Waals surface area contributed by atoms with Gasteiger partial charge in [0.15, 0.2) is 0 Å². The van der Waals surface area contributed by atoms with Crippen molar-refractivity contribution in [3.8, 4) is 10.7 Å². The van der Waals surface area contributed by atoms with Crippen molar-refractivity contribution in [1.29, 1.82) is 0 Å². The van der Waals surface area contributed by atoms with Crippen LogP contribution in [0.1, 0.15) is 12.5 Å². The Balaban J connectivity index is 1.95. The molecule has 6 heteroatoms. The van der Waals surface area contributed by atoms with Gasteiger partial charge in [-0.3, -0.25) is 0 Å². The van der Waals surface area contributed by atoms with E-state index >= 15 is 0 Å². The number of aliphatic hydroxyl groups excluding tert-OH is 1. The van der Waals surface area contributed by atoms with Crippen molar-refractivity contribution in [2.75, 3.05) is 13.1 Å². The fourth-order valence-electron chi connectivity index (χ4n) is 2.32. The SMILES string of the molecule is O[C@@H]1CCNC[C@@H]1n1ccnc1-c1ccc(Cl)s1.